The fourth-order valence-corrected chi connectivity index (χ4v) is 2.43. The zero-order valence-electron chi connectivity index (χ0n) is 12.0. The molecule has 1 heterocycles. The molecule has 0 bridgehead atoms. The Labute approximate surface area is 116 Å². The fourth-order valence-electron chi connectivity index (χ4n) is 2.43. The Morgan fingerprint density at radius 3 is 2.84 bits per heavy atom. The van der Waals surface area contributed by atoms with E-state index in [0.717, 1.165) is 44.9 Å². The molecule has 0 radical (unpaired) electrons. The molecule has 1 aromatic rings. The van der Waals surface area contributed by atoms with Gasteiger partial charge in [-0.25, -0.2) is 0 Å². The maximum Gasteiger partial charge on any atom is 0.118 e. The number of hydrogen-bond donors (Lipinski definition) is 2. The molecule has 1 saturated heterocycles. The number of rotatable bonds is 6. The smallest absolute Gasteiger partial charge is 0.118 e. The zero-order valence-corrected chi connectivity index (χ0v) is 12.0. The summed E-state index contributed by atoms with van der Waals surface area (Å²) in [5, 5.41) is 7.07. The topological polar surface area (TPSA) is 36.5 Å². The molecule has 0 aromatic heterocycles. The molecule has 4 nitrogen and oxygen atoms in total. The van der Waals surface area contributed by atoms with Crippen molar-refractivity contribution in [1.29, 1.82) is 0 Å². The molecule has 19 heavy (non-hydrogen) atoms. The average Bonchev–Trinajstić information content (AvgIpc) is 2.44. The zero-order chi connectivity index (χ0) is 13.5. The van der Waals surface area contributed by atoms with E-state index in [4.69, 9.17) is 4.74 Å². The summed E-state index contributed by atoms with van der Waals surface area (Å²) >= 11 is 0. The minimum Gasteiger partial charge on any atom is -0.497 e. The standard InChI is InChI=1S/C15H25N3O/c1-18-10-9-17-14(12-18)11-16-8-7-13-3-5-15(19-2)6-4-13/h3-6,14,16-17H,7-12H2,1-2H3. The number of likely N-dealkylation sites (N-methyl/N-ethyl adjacent to an activating group) is 1. The maximum absolute atomic E-state index is 5.16. The van der Waals surface area contributed by atoms with Gasteiger partial charge in [-0.15, -0.1) is 0 Å². The lowest BCUT2D eigenvalue weighted by molar-refractivity contribution is 0.235. The van der Waals surface area contributed by atoms with Crippen LogP contribution in [0, 0.1) is 0 Å². The van der Waals surface area contributed by atoms with Crippen LogP contribution in [0.4, 0.5) is 0 Å². The van der Waals surface area contributed by atoms with E-state index in [1.54, 1.807) is 7.11 Å². The van der Waals surface area contributed by atoms with Gasteiger partial charge in [-0.05, 0) is 37.7 Å². The molecule has 0 aliphatic carbocycles. The maximum atomic E-state index is 5.16. The Morgan fingerprint density at radius 1 is 1.37 bits per heavy atom. The Morgan fingerprint density at radius 2 is 2.16 bits per heavy atom. The van der Waals surface area contributed by atoms with Crippen molar-refractivity contribution in [3.05, 3.63) is 29.8 Å². The first-order chi connectivity index (χ1) is 9.28. The lowest BCUT2D eigenvalue weighted by atomic mass is 10.1. The largest absolute Gasteiger partial charge is 0.497 e. The van der Waals surface area contributed by atoms with Crippen LogP contribution in [0.15, 0.2) is 24.3 Å². The highest BCUT2D eigenvalue weighted by Crippen LogP contribution is 2.11. The van der Waals surface area contributed by atoms with E-state index >= 15 is 0 Å². The molecule has 2 N–H and O–H groups in total. The minimum atomic E-state index is 0.578. The van der Waals surface area contributed by atoms with Crippen molar-refractivity contribution in [3.63, 3.8) is 0 Å². The molecule has 0 amide bonds. The van der Waals surface area contributed by atoms with E-state index < -0.39 is 0 Å². The second-order valence-corrected chi connectivity index (χ2v) is 5.22. The molecule has 106 valence electrons. The number of benzene rings is 1. The van der Waals surface area contributed by atoms with E-state index in [1.165, 1.54) is 5.56 Å². The summed E-state index contributed by atoms with van der Waals surface area (Å²) in [5.41, 5.74) is 1.35. The normalized spacial score (nSPS) is 20.4. The summed E-state index contributed by atoms with van der Waals surface area (Å²) in [4.78, 5) is 2.38. The van der Waals surface area contributed by atoms with Crippen LogP contribution in [0.1, 0.15) is 5.56 Å². The number of nitrogens with one attached hydrogen (secondary N) is 2. The highest BCUT2D eigenvalue weighted by Gasteiger charge is 2.15. The lowest BCUT2D eigenvalue weighted by Crippen LogP contribution is -2.53. The Bertz CT molecular complexity index is 366. The number of piperazine rings is 1. The molecule has 1 atom stereocenters. The van der Waals surface area contributed by atoms with Crippen molar-refractivity contribution >= 4 is 0 Å². The lowest BCUT2D eigenvalue weighted by Gasteiger charge is -2.31. The summed E-state index contributed by atoms with van der Waals surface area (Å²) in [5.74, 6) is 0.922. The van der Waals surface area contributed by atoms with Crippen LogP contribution in [0.5, 0.6) is 5.75 Å². The van der Waals surface area contributed by atoms with E-state index in [2.05, 4.69) is 34.7 Å². The van der Waals surface area contributed by atoms with Crippen molar-refractivity contribution in [2.24, 2.45) is 0 Å². The summed E-state index contributed by atoms with van der Waals surface area (Å²) in [6.45, 7) is 5.45. The molecule has 4 heteroatoms. The van der Waals surface area contributed by atoms with Gasteiger partial charge in [-0.2, -0.15) is 0 Å². The van der Waals surface area contributed by atoms with E-state index in [0.29, 0.717) is 6.04 Å². The molecule has 1 aliphatic rings. The van der Waals surface area contributed by atoms with Gasteiger partial charge >= 0.3 is 0 Å². The van der Waals surface area contributed by atoms with Gasteiger partial charge < -0.3 is 20.3 Å². The first-order valence-corrected chi connectivity index (χ1v) is 7.03. The summed E-state index contributed by atoms with van der Waals surface area (Å²) in [6, 6.07) is 8.88. The highest BCUT2D eigenvalue weighted by molar-refractivity contribution is 5.27. The van der Waals surface area contributed by atoms with Crippen molar-refractivity contribution in [2.45, 2.75) is 12.5 Å². The second-order valence-electron chi connectivity index (χ2n) is 5.22. The van der Waals surface area contributed by atoms with Gasteiger partial charge in [-0.3, -0.25) is 0 Å². The van der Waals surface area contributed by atoms with Crippen molar-refractivity contribution < 1.29 is 4.74 Å². The predicted molar refractivity (Wildman–Crippen MR) is 78.9 cm³/mol. The van der Waals surface area contributed by atoms with Crippen LogP contribution in [-0.2, 0) is 6.42 Å². The third kappa shape index (κ3) is 4.82. The highest BCUT2D eigenvalue weighted by atomic mass is 16.5. The average molecular weight is 263 g/mol. The Kier molecular flexibility index (Phi) is 5.63. The first-order valence-electron chi connectivity index (χ1n) is 7.03. The summed E-state index contributed by atoms with van der Waals surface area (Å²) in [7, 11) is 3.88. The first kappa shape index (κ1) is 14.3. The number of ether oxygens (including phenoxy) is 1. The van der Waals surface area contributed by atoms with Gasteiger partial charge in [0.15, 0.2) is 0 Å². The molecular formula is C15H25N3O. The van der Waals surface area contributed by atoms with Crippen LogP contribution in [-0.4, -0.2) is 57.8 Å². The number of methoxy groups -OCH3 is 1. The summed E-state index contributed by atoms with van der Waals surface area (Å²) in [6.07, 6.45) is 1.06. The number of nitrogens with zero attached hydrogens (tertiary/aromatic N) is 1. The van der Waals surface area contributed by atoms with Gasteiger partial charge in [0, 0.05) is 32.2 Å². The molecule has 2 rings (SSSR count). The van der Waals surface area contributed by atoms with Gasteiger partial charge in [0.25, 0.3) is 0 Å². The third-order valence-corrected chi connectivity index (χ3v) is 3.60. The molecule has 0 saturated carbocycles. The fraction of sp³-hybridized carbons (Fsp3) is 0.600. The third-order valence-electron chi connectivity index (χ3n) is 3.60. The van der Waals surface area contributed by atoms with Crippen molar-refractivity contribution in [2.75, 3.05) is 46.9 Å². The van der Waals surface area contributed by atoms with Gasteiger partial charge in [0.05, 0.1) is 7.11 Å². The Hall–Kier alpha value is -1.10. The Balaban J connectivity index is 1.63. The molecule has 1 aromatic carbocycles. The van der Waals surface area contributed by atoms with Crippen LogP contribution in [0.3, 0.4) is 0 Å². The number of hydrogen-bond acceptors (Lipinski definition) is 4. The van der Waals surface area contributed by atoms with Gasteiger partial charge in [0.2, 0.25) is 0 Å². The van der Waals surface area contributed by atoms with E-state index in [-0.39, 0.29) is 0 Å². The monoisotopic (exact) mass is 263 g/mol. The van der Waals surface area contributed by atoms with Crippen molar-refractivity contribution in [1.82, 2.24) is 15.5 Å². The van der Waals surface area contributed by atoms with Crippen LogP contribution in [0.25, 0.3) is 0 Å². The quantitative estimate of drug-likeness (QED) is 0.742. The van der Waals surface area contributed by atoms with Gasteiger partial charge in [-0.1, -0.05) is 12.1 Å². The SMILES string of the molecule is COc1ccc(CCNCC2CN(C)CCN2)cc1. The van der Waals surface area contributed by atoms with E-state index in [1.807, 2.05) is 12.1 Å². The molecular weight excluding hydrogens is 238 g/mol. The van der Waals surface area contributed by atoms with Crippen molar-refractivity contribution in [3.8, 4) is 5.75 Å². The van der Waals surface area contributed by atoms with Crippen LogP contribution in [0.2, 0.25) is 0 Å². The molecule has 1 unspecified atom stereocenters. The predicted octanol–water partition coefficient (Wildman–Crippen LogP) is 0.731. The van der Waals surface area contributed by atoms with Gasteiger partial charge in [0.1, 0.15) is 5.75 Å². The van der Waals surface area contributed by atoms with Crippen LogP contribution >= 0.6 is 0 Å². The van der Waals surface area contributed by atoms with Crippen LogP contribution < -0.4 is 15.4 Å². The molecule has 1 aliphatic heterocycles. The second kappa shape index (κ2) is 7.48. The minimum absolute atomic E-state index is 0.578. The van der Waals surface area contributed by atoms with E-state index in [9.17, 15) is 0 Å². The molecule has 0 spiro atoms. The summed E-state index contributed by atoms with van der Waals surface area (Å²) < 4.78 is 5.16. The molecule has 1 fully saturated rings.